The zero-order chi connectivity index (χ0) is 15.2. The molecule has 2 atom stereocenters. The van der Waals surface area contributed by atoms with Crippen molar-refractivity contribution in [2.75, 3.05) is 20.1 Å². The maximum atomic E-state index is 12.0. The minimum absolute atomic E-state index is 0.0694. The number of aromatic nitrogens is 1. The van der Waals surface area contributed by atoms with Gasteiger partial charge in [-0.15, -0.1) is 11.3 Å². The van der Waals surface area contributed by atoms with E-state index in [4.69, 9.17) is 0 Å². The first kappa shape index (κ1) is 16.2. The number of hydrogen-bond acceptors (Lipinski definition) is 4. The summed E-state index contributed by atoms with van der Waals surface area (Å²) in [5.74, 6) is 0.228. The van der Waals surface area contributed by atoms with E-state index < -0.39 is 0 Å². The van der Waals surface area contributed by atoms with Crippen LogP contribution in [-0.4, -0.2) is 47.3 Å². The van der Waals surface area contributed by atoms with Crippen molar-refractivity contribution in [3.63, 3.8) is 0 Å². The Kier molecular flexibility index (Phi) is 5.99. The molecular weight excluding hydrogens is 286 g/mol. The number of nitrogens with zero attached hydrogens (tertiary/aromatic N) is 2. The van der Waals surface area contributed by atoms with Gasteiger partial charge < -0.3 is 15.3 Å². The zero-order valence-electron chi connectivity index (χ0n) is 12.8. The summed E-state index contributed by atoms with van der Waals surface area (Å²) in [5, 5.41) is 15.9. The summed E-state index contributed by atoms with van der Waals surface area (Å²) < 4.78 is 0. The Hall–Kier alpha value is -1.14. The Labute approximate surface area is 130 Å². The van der Waals surface area contributed by atoms with E-state index in [0.29, 0.717) is 13.1 Å². The lowest BCUT2D eigenvalue weighted by atomic mass is 10.1. The van der Waals surface area contributed by atoms with E-state index in [0.717, 1.165) is 42.8 Å². The lowest BCUT2D eigenvalue weighted by Crippen LogP contribution is -2.41. The van der Waals surface area contributed by atoms with Crippen molar-refractivity contribution in [2.24, 2.45) is 5.92 Å². The van der Waals surface area contributed by atoms with E-state index in [1.807, 2.05) is 0 Å². The van der Waals surface area contributed by atoms with Crippen molar-refractivity contribution < 1.29 is 9.90 Å². The zero-order valence-corrected chi connectivity index (χ0v) is 13.7. The molecule has 0 aliphatic heterocycles. The van der Waals surface area contributed by atoms with E-state index >= 15 is 0 Å². The molecule has 2 N–H and O–H groups in total. The summed E-state index contributed by atoms with van der Waals surface area (Å²) in [7, 11) is 1.79. The highest BCUT2D eigenvalue weighted by Crippen LogP contribution is 2.25. The fourth-order valence-corrected chi connectivity index (χ4v) is 3.50. The van der Waals surface area contributed by atoms with Gasteiger partial charge in [0, 0.05) is 37.9 Å². The van der Waals surface area contributed by atoms with Crippen LogP contribution in [0.2, 0.25) is 0 Å². The van der Waals surface area contributed by atoms with E-state index in [1.165, 1.54) is 0 Å². The molecule has 1 saturated carbocycles. The normalized spacial score (nSPS) is 21.5. The van der Waals surface area contributed by atoms with Crippen LogP contribution in [0.1, 0.15) is 36.9 Å². The van der Waals surface area contributed by atoms with E-state index in [9.17, 15) is 9.90 Å². The second-order valence-electron chi connectivity index (χ2n) is 5.71. The number of aryl methyl sites for hydroxylation is 1. The first-order valence-corrected chi connectivity index (χ1v) is 8.58. The Bertz CT molecular complexity index is 464. The van der Waals surface area contributed by atoms with Gasteiger partial charge in [0.1, 0.15) is 0 Å². The predicted molar refractivity (Wildman–Crippen MR) is 84.6 cm³/mol. The molecule has 1 aromatic heterocycles. The molecule has 2 rings (SSSR count). The molecule has 1 aliphatic rings. The highest BCUT2D eigenvalue weighted by molar-refractivity contribution is 7.09. The fourth-order valence-electron chi connectivity index (χ4n) is 2.72. The summed E-state index contributed by atoms with van der Waals surface area (Å²) in [5.41, 5.74) is 1.05. The van der Waals surface area contributed by atoms with Crippen LogP contribution in [-0.2, 0) is 12.8 Å². The number of hydrogen-bond donors (Lipinski definition) is 2. The number of thiazole rings is 1. The maximum absolute atomic E-state index is 12.0. The number of rotatable bonds is 6. The van der Waals surface area contributed by atoms with Crippen LogP contribution in [0.5, 0.6) is 0 Å². The molecule has 0 radical (unpaired) electrons. The molecule has 0 saturated heterocycles. The molecule has 0 aromatic carbocycles. The quantitative estimate of drug-likeness (QED) is 0.845. The SMILES string of the molecule is CCc1nc(CCNC(=O)N(C)CC2CCCC2O)cs1. The minimum atomic E-state index is -0.247. The Morgan fingerprint density at radius 1 is 1.57 bits per heavy atom. The van der Waals surface area contributed by atoms with Crippen LogP contribution < -0.4 is 5.32 Å². The molecule has 21 heavy (non-hydrogen) atoms. The first-order valence-electron chi connectivity index (χ1n) is 7.70. The lowest BCUT2D eigenvalue weighted by molar-refractivity contribution is 0.114. The average molecular weight is 311 g/mol. The third-order valence-electron chi connectivity index (χ3n) is 4.03. The van der Waals surface area contributed by atoms with Crippen LogP contribution in [0.3, 0.4) is 0 Å². The van der Waals surface area contributed by atoms with Gasteiger partial charge in [-0.3, -0.25) is 0 Å². The van der Waals surface area contributed by atoms with Gasteiger partial charge in [-0.25, -0.2) is 9.78 Å². The van der Waals surface area contributed by atoms with E-state index in [2.05, 4.69) is 22.6 Å². The molecule has 118 valence electrons. The molecule has 2 unspecified atom stereocenters. The summed E-state index contributed by atoms with van der Waals surface area (Å²) in [4.78, 5) is 18.2. The van der Waals surface area contributed by atoms with Crippen LogP contribution in [0.4, 0.5) is 4.79 Å². The van der Waals surface area contributed by atoms with Crippen LogP contribution >= 0.6 is 11.3 Å². The smallest absolute Gasteiger partial charge is 0.317 e. The minimum Gasteiger partial charge on any atom is -0.393 e. The summed E-state index contributed by atoms with van der Waals surface area (Å²) in [6, 6.07) is -0.0694. The second kappa shape index (κ2) is 7.75. The Balaban J connectivity index is 1.68. The molecule has 2 amide bonds. The maximum Gasteiger partial charge on any atom is 0.317 e. The first-order chi connectivity index (χ1) is 10.1. The van der Waals surface area contributed by atoms with E-state index in [1.54, 1.807) is 23.3 Å². The van der Waals surface area contributed by atoms with Crippen LogP contribution in [0.25, 0.3) is 0 Å². The van der Waals surface area contributed by atoms with Gasteiger partial charge in [-0.2, -0.15) is 0 Å². The largest absolute Gasteiger partial charge is 0.393 e. The van der Waals surface area contributed by atoms with E-state index in [-0.39, 0.29) is 18.1 Å². The van der Waals surface area contributed by atoms with Crippen molar-refractivity contribution in [3.05, 3.63) is 16.1 Å². The van der Waals surface area contributed by atoms with Crippen molar-refractivity contribution in [1.82, 2.24) is 15.2 Å². The van der Waals surface area contributed by atoms with Gasteiger partial charge in [-0.05, 0) is 19.3 Å². The molecule has 6 heteroatoms. The lowest BCUT2D eigenvalue weighted by Gasteiger charge is -2.23. The highest BCUT2D eigenvalue weighted by Gasteiger charge is 2.27. The van der Waals surface area contributed by atoms with Crippen molar-refractivity contribution >= 4 is 17.4 Å². The summed E-state index contributed by atoms with van der Waals surface area (Å²) in [6.45, 7) is 3.32. The average Bonchev–Trinajstić information content (AvgIpc) is 3.08. The van der Waals surface area contributed by atoms with Crippen molar-refractivity contribution in [3.8, 4) is 0 Å². The molecule has 0 bridgehead atoms. The topological polar surface area (TPSA) is 65.5 Å². The number of carbonyl (C=O) groups excluding carboxylic acids is 1. The van der Waals surface area contributed by atoms with Crippen LogP contribution in [0, 0.1) is 5.92 Å². The van der Waals surface area contributed by atoms with Crippen molar-refractivity contribution in [1.29, 1.82) is 0 Å². The van der Waals surface area contributed by atoms with Gasteiger partial charge in [0.05, 0.1) is 16.8 Å². The van der Waals surface area contributed by atoms with Gasteiger partial charge in [0.25, 0.3) is 0 Å². The molecule has 1 heterocycles. The Morgan fingerprint density at radius 3 is 3.00 bits per heavy atom. The molecule has 1 aliphatic carbocycles. The molecular formula is C15H25N3O2S. The standard InChI is InChI=1S/C15H25N3O2S/c1-3-14-17-12(10-21-14)7-8-16-15(20)18(2)9-11-5-4-6-13(11)19/h10-11,13,19H,3-9H2,1-2H3,(H,16,20). The fraction of sp³-hybridized carbons (Fsp3) is 0.733. The van der Waals surface area contributed by atoms with Gasteiger partial charge >= 0.3 is 6.03 Å². The Morgan fingerprint density at radius 2 is 2.38 bits per heavy atom. The van der Waals surface area contributed by atoms with Gasteiger partial charge in [0.2, 0.25) is 0 Å². The number of carbonyl (C=O) groups is 1. The molecule has 1 aromatic rings. The predicted octanol–water partition coefficient (Wildman–Crippen LogP) is 2.05. The number of amides is 2. The molecule has 5 nitrogen and oxygen atoms in total. The monoisotopic (exact) mass is 311 g/mol. The number of nitrogens with one attached hydrogen (secondary N) is 1. The van der Waals surface area contributed by atoms with Crippen LogP contribution in [0.15, 0.2) is 5.38 Å². The second-order valence-corrected chi connectivity index (χ2v) is 6.65. The molecule has 1 fully saturated rings. The van der Waals surface area contributed by atoms with Crippen molar-refractivity contribution in [2.45, 2.75) is 45.1 Å². The summed E-state index contributed by atoms with van der Waals surface area (Å²) in [6.07, 6.45) is 4.42. The third-order valence-corrected chi connectivity index (χ3v) is 5.08. The highest BCUT2D eigenvalue weighted by atomic mass is 32.1. The molecule has 0 spiro atoms. The number of urea groups is 1. The number of aliphatic hydroxyl groups is 1. The third kappa shape index (κ3) is 4.68. The number of aliphatic hydroxyl groups excluding tert-OH is 1. The van der Waals surface area contributed by atoms with Gasteiger partial charge in [-0.1, -0.05) is 13.3 Å². The summed E-state index contributed by atoms with van der Waals surface area (Å²) >= 11 is 1.67. The van der Waals surface area contributed by atoms with Gasteiger partial charge in [0.15, 0.2) is 0 Å².